The fourth-order valence-corrected chi connectivity index (χ4v) is 2.72. The van der Waals surface area contributed by atoms with E-state index in [1.54, 1.807) is 0 Å². The number of rotatable bonds is 6. The number of nitrogens with one attached hydrogen (secondary N) is 1. The van der Waals surface area contributed by atoms with E-state index in [0.717, 1.165) is 22.7 Å². The van der Waals surface area contributed by atoms with E-state index in [0.29, 0.717) is 11.6 Å². The van der Waals surface area contributed by atoms with Gasteiger partial charge in [-0.2, -0.15) is 0 Å². The number of amides is 1. The lowest BCUT2D eigenvalue weighted by Crippen LogP contribution is -2.32. The minimum Gasteiger partial charge on any atom is -0.480 e. The maximum Gasteiger partial charge on any atom is 0.267 e. The van der Waals surface area contributed by atoms with Gasteiger partial charge in [-0.1, -0.05) is 42.9 Å². The number of anilines is 1. The third-order valence-corrected chi connectivity index (χ3v) is 4.25. The fraction of sp³-hybridized carbons (Fsp3) is 0.438. The summed E-state index contributed by atoms with van der Waals surface area (Å²) in [6.07, 6.45) is 0.845. The van der Waals surface area contributed by atoms with Crippen LogP contribution < -0.4 is 10.1 Å². The molecule has 5 nitrogen and oxygen atoms in total. The predicted octanol–water partition coefficient (Wildman–Crippen LogP) is 3.51. The number of carbonyl (C=O) groups is 1. The molecule has 118 valence electrons. The molecular formula is C16H21N3O2S. The van der Waals surface area contributed by atoms with Crippen LogP contribution in [0.5, 0.6) is 5.75 Å². The summed E-state index contributed by atoms with van der Waals surface area (Å²) in [4.78, 5) is 12.3. The Kier molecular flexibility index (Phi) is 5.49. The zero-order valence-corrected chi connectivity index (χ0v) is 14.2. The van der Waals surface area contributed by atoms with Crippen LogP contribution >= 0.6 is 11.3 Å². The number of benzene rings is 1. The molecule has 0 bridgehead atoms. The quantitative estimate of drug-likeness (QED) is 0.885. The number of nitrogens with zero attached hydrogens (tertiary/aromatic N) is 2. The van der Waals surface area contributed by atoms with Gasteiger partial charge >= 0.3 is 0 Å². The van der Waals surface area contributed by atoms with Gasteiger partial charge < -0.3 is 4.74 Å². The third kappa shape index (κ3) is 4.04. The van der Waals surface area contributed by atoms with Gasteiger partial charge in [0.1, 0.15) is 10.8 Å². The highest BCUT2D eigenvalue weighted by Gasteiger charge is 2.20. The molecule has 2 rings (SSSR count). The van der Waals surface area contributed by atoms with E-state index in [2.05, 4.69) is 15.5 Å². The first-order valence-corrected chi connectivity index (χ1v) is 8.22. The van der Waals surface area contributed by atoms with Gasteiger partial charge in [-0.3, -0.25) is 10.1 Å². The molecule has 0 aliphatic heterocycles. The average Bonchev–Trinajstić information content (AvgIpc) is 2.94. The van der Waals surface area contributed by atoms with Crippen LogP contribution in [0.1, 0.15) is 36.4 Å². The molecule has 22 heavy (non-hydrogen) atoms. The Morgan fingerprint density at radius 3 is 2.68 bits per heavy atom. The van der Waals surface area contributed by atoms with Gasteiger partial charge in [0.25, 0.3) is 5.91 Å². The Hall–Kier alpha value is -1.95. The van der Waals surface area contributed by atoms with Gasteiger partial charge in [0.15, 0.2) is 6.10 Å². The Bertz CT molecular complexity index is 655. The normalized spacial score (nSPS) is 12.0. The molecule has 0 aliphatic rings. The van der Waals surface area contributed by atoms with E-state index in [4.69, 9.17) is 4.74 Å². The van der Waals surface area contributed by atoms with Crippen molar-refractivity contribution in [2.24, 2.45) is 0 Å². The lowest BCUT2D eigenvalue weighted by atomic mass is 10.1. The summed E-state index contributed by atoms with van der Waals surface area (Å²) >= 11 is 1.39. The lowest BCUT2D eigenvalue weighted by molar-refractivity contribution is -0.122. The molecule has 0 aliphatic carbocycles. The Morgan fingerprint density at radius 1 is 1.32 bits per heavy atom. The molecule has 0 unspecified atom stereocenters. The molecule has 0 saturated heterocycles. The first-order chi connectivity index (χ1) is 10.5. The fourth-order valence-electron chi connectivity index (χ4n) is 2.04. The molecule has 0 fully saturated rings. The molecule has 0 spiro atoms. The smallest absolute Gasteiger partial charge is 0.267 e. The molecule has 1 aromatic heterocycles. The SMILES string of the molecule is CCc1nnc(NC(=O)[C@@H](CC)Oc2ccc(C)cc2C)s1. The Morgan fingerprint density at radius 2 is 2.09 bits per heavy atom. The third-order valence-electron chi connectivity index (χ3n) is 3.26. The summed E-state index contributed by atoms with van der Waals surface area (Å²) in [6, 6.07) is 5.92. The first kappa shape index (κ1) is 16.4. The lowest BCUT2D eigenvalue weighted by Gasteiger charge is -2.18. The molecule has 1 N–H and O–H groups in total. The van der Waals surface area contributed by atoms with Crippen molar-refractivity contribution in [3.63, 3.8) is 0 Å². The van der Waals surface area contributed by atoms with Crippen LogP contribution in [-0.4, -0.2) is 22.2 Å². The van der Waals surface area contributed by atoms with Crippen LogP contribution in [0.15, 0.2) is 18.2 Å². The molecule has 0 saturated carbocycles. The number of carbonyl (C=O) groups excluding carboxylic acids is 1. The molecule has 1 amide bonds. The highest BCUT2D eigenvalue weighted by Crippen LogP contribution is 2.22. The number of ether oxygens (including phenoxy) is 1. The van der Waals surface area contributed by atoms with Crippen LogP contribution in [0, 0.1) is 13.8 Å². The minimum absolute atomic E-state index is 0.193. The van der Waals surface area contributed by atoms with Crippen molar-refractivity contribution in [2.45, 2.75) is 46.6 Å². The summed E-state index contributed by atoms with van der Waals surface area (Å²) in [6.45, 7) is 7.93. The molecule has 1 atom stereocenters. The summed E-state index contributed by atoms with van der Waals surface area (Å²) < 4.78 is 5.86. The molecule has 1 aromatic carbocycles. The van der Waals surface area contributed by atoms with Crippen molar-refractivity contribution < 1.29 is 9.53 Å². The summed E-state index contributed by atoms with van der Waals surface area (Å²) in [5.41, 5.74) is 2.19. The summed E-state index contributed by atoms with van der Waals surface area (Å²) in [5.74, 6) is 0.542. The zero-order chi connectivity index (χ0) is 16.1. The van der Waals surface area contributed by atoms with Gasteiger partial charge in [0.05, 0.1) is 0 Å². The molecule has 0 radical (unpaired) electrons. The first-order valence-electron chi connectivity index (χ1n) is 7.40. The van der Waals surface area contributed by atoms with Gasteiger partial charge in [0.2, 0.25) is 5.13 Å². The van der Waals surface area contributed by atoms with E-state index in [9.17, 15) is 4.79 Å². The molecular weight excluding hydrogens is 298 g/mol. The second kappa shape index (κ2) is 7.35. The predicted molar refractivity (Wildman–Crippen MR) is 88.5 cm³/mol. The second-order valence-electron chi connectivity index (χ2n) is 5.13. The monoisotopic (exact) mass is 319 g/mol. The van der Waals surface area contributed by atoms with Crippen molar-refractivity contribution in [2.75, 3.05) is 5.32 Å². The Balaban J connectivity index is 2.05. The highest BCUT2D eigenvalue weighted by molar-refractivity contribution is 7.15. The number of aromatic nitrogens is 2. The molecule has 2 aromatic rings. The van der Waals surface area contributed by atoms with Crippen LogP contribution in [0.2, 0.25) is 0 Å². The van der Waals surface area contributed by atoms with Crippen molar-refractivity contribution in [1.29, 1.82) is 0 Å². The van der Waals surface area contributed by atoms with E-state index in [1.165, 1.54) is 16.9 Å². The van der Waals surface area contributed by atoms with Gasteiger partial charge in [0, 0.05) is 0 Å². The number of hydrogen-bond donors (Lipinski definition) is 1. The van der Waals surface area contributed by atoms with Crippen molar-refractivity contribution in [3.05, 3.63) is 34.3 Å². The molecule has 1 heterocycles. The summed E-state index contributed by atoms with van der Waals surface area (Å²) in [7, 11) is 0. The number of aryl methyl sites for hydroxylation is 3. The zero-order valence-electron chi connectivity index (χ0n) is 13.3. The van der Waals surface area contributed by atoms with Crippen molar-refractivity contribution >= 4 is 22.4 Å². The highest BCUT2D eigenvalue weighted by atomic mass is 32.1. The van der Waals surface area contributed by atoms with E-state index in [1.807, 2.05) is 45.9 Å². The van der Waals surface area contributed by atoms with Gasteiger partial charge in [-0.15, -0.1) is 10.2 Å². The second-order valence-corrected chi connectivity index (χ2v) is 6.19. The van der Waals surface area contributed by atoms with Crippen LogP contribution in [0.4, 0.5) is 5.13 Å². The van der Waals surface area contributed by atoms with E-state index in [-0.39, 0.29) is 5.91 Å². The van der Waals surface area contributed by atoms with Gasteiger partial charge in [-0.05, 0) is 38.3 Å². The van der Waals surface area contributed by atoms with Crippen LogP contribution in [-0.2, 0) is 11.2 Å². The Labute approximate surface area is 134 Å². The summed E-state index contributed by atoms with van der Waals surface area (Å²) in [5, 5.41) is 12.2. The maximum atomic E-state index is 12.3. The van der Waals surface area contributed by atoms with E-state index >= 15 is 0 Å². The van der Waals surface area contributed by atoms with Crippen LogP contribution in [0.3, 0.4) is 0 Å². The molecule has 6 heteroatoms. The maximum absolute atomic E-state index is 12.3. The number of hydrogen-bond acceptors (Lipinski definition) is 5. The minimum atomic E-state index is -0.546. The van der Waals surface area contributed by atoms with Crippen LogP contribution in [0.25, 0.3) is 0 Å². The van der Waals surface area contributed by atoms with Gasteiger partial charge in [-0.25, -0.2) is 0 Å². The van der Waals surface area contributed by atoms with E-state index < -0.39 is 6.10 Å². The average molecular weight is 319 g/mol. The standard InChI is InChI=1S/C16H21N3O2S/c1-5-12(21-13-8-7-10(3)9-11(13)4)15(20)17-16-19-18-14(6-2)22-16/h7-9,12H,5-6H2,1-4H3,(H,17,19,20)/t12-/m1/s1. The van der Waals surface area contributed by atoms with Crippen molar-refractivity contribution in [3.8, 4) is 5.75 Å². The van der Waals surface area contributed by atoms with Crippen molar-refractivity contribution in [1.82, 2.24) is 10.2 Å². The largest absolute Gasteiger partial charge is 0.480 e. The topological polar surface area (TPSA) is 64.1 Å².